The number of aryl methyl sites for hydroxylation is 1. The molecule has 6 heteroatoms. The van der Waals surface area contributed by atoms with Crippen molar-refractivity contribution in [1.29, 1.82) is 0 Å². The van der Waals surface area contributed by atoms with Gasteiger partial charge in [-0.15, -0.1) is 0 Å². The molecule has 0 aliphatic rings. The molecule has 126 valence electrons. The molecule has 3 rings (SSSR count). The van der Waals surface area contributed by atoms with Crippen LogP contribution in [0.15, 0.2) is 60.8 Å². The SMILES string of the molecule is Cc1ccccc1CNc1nccc(C(=O)Nc2ccccc2Cl)n1. The number of halogens is 1. The summed E-state index contributed by atoms with van der Waals surface area (Å²) >= 11 is 6.06. The fraction of sp³-hybridized carbons (Fsp3) is 0.105. The first kappa shape index (κ1) is 16.9. The Balaban J connectivity index is 1.70. The van der Waals surface area contributed by atoms with E-state index in [1.165, 1.54) is 5.56 Å². The standard InChI is InChI=1S/C19H17ClN4O/c1-13-6-2-3-7-14(13)12-22-19-21-11-10-17(24-19)18(25)23-16-9-5-4-8-15(16)20/h2-11H,12H2,1H3,(H,23,25)(H,21,22,24). The van der Waals surface area contributed by atoms with Gasteiger partial charge in [0.25, 0.3) is 5.91 Å². The van der Waals surface area contributed by atoms with Crippen LogP contribution in [-0.2, 0) is 6.54 Å². The highest BCUT2D eigenvalue weighted by Crippen LogP contribution is 2.21. The van der Waals surface area contributed by atoms with E-state index in [1.54, 1.807) is 36.5 Å². The molecule has 1 aromatic heterocycles. The molecule has 5 nitrogen and oxygen atoms in total. The summed E-state index contributed by atoms with van der Waals surface area (Å²) in [5, 5.41) is 6.37. The maximum atomic E-state index is 12.4. The van der Waals surface area contributed by atoms with Gasteiger partial charge in [-0.25, -0.2) is 9.97 Å². The number of carbonyl (C=O) groups is 1. The molecule has 1 heterocycles. The van der Waals surface area contributed by atoms with Crippen LogP contribution < -0.4 is 10.6 Å². The van der Waals surface area contributed by atoms with E-state index in [9.17, 15) is 4.79 Å². The molecule has 0 bridgehead atoms. The van der Waals surface area contributed by atoms with Crippen molar-refractivity contribution in [1.82, 2.24) is 9.97 Å². The average molecular weight is 353 g/mol. The van der Waals surface area contributed by atoms with Crippen molar-refractivity contribution in [3.63, 3.8) is 0 Å². The third-order valence-electron chi connectivity index (χ3n) is 3.71. The lowest BCUT2D eigenvalue weighted by atomic mass is 10.1. The lowest BCUT2D eigenvalue weighted by Crippen LogP contribution is -2.15. The summed E-state index contributed by atoms with van der Waals surface area (Å²) in [7, 11) is 0. The number of para-hydroxylation sites is 1. The molecule has 0 unspecified atom stereocenters. The summed E-state index contributed by atoms with van der Waals surface area (Å²) in [5.74, 6) is 0.0597. The quantitative estimate of drug-likeness (QED) is 0.718. The van der Waals surface area contributed by atoms with Crippen LogP contribution in [-0.4, -0.2) is 15.9 Å². The summed E-state index contributed by atoms with van der Waals surface area (Å²) in [6.07, 6.45) is 1.55. The zero-order valence-electron chi connectivity index (χ0n) is 13.7. The van der Waals surface area contributed by atoms with E-state index in [-0.39, 0.29) is 11.6 Å². The molecular formula is C19H17ClN4O. The molecular weight excluding hydrogens is 336 g/mol. The first-order valence-electron chi connectivity index (χ1n) is 7.81. The number of rotatable bonds is 5. The van der Waals surface area contributed by atoms with Gasteiger partial charge in [0.15, 0.2) is 0 Å². The number of hydrogen-bond acceptors (Lipinski definition) is 4. The number of amides is 1. The summed E-state index contributed by atoms with van der Waals surface area (Å²) in [6.45, 7) is 2.63. The minimum Gasteiger partial charge on any atom is -0.350 e. The molecule has 0 atom stereocenters. The Hall–Kier alpha value is -2.92. The molecule has 0 radical (unpaired) electrons. The van der Waals surface area contributed by atoms with E-state index in [1.807, 2.05) is 31.2 Å². The van der Waals surface area contributed by atoms with Gasteiger partial charge in [0, 0.05) is 12.7 Å². The monoisotopic (exact) mass is 352 g/mol. The zero-order valence-corrected chi connectivity index (χ0v) is 14.4. The minimum atomic E-state index is -0.338. The van der Waals surface area contributed by atoms with E-state index in [0.717, 1.165) is 5.56 Å². The maximum absolute atomic E-state index is 12.4. The zero-order chi connectivity index (χ0) is 17.6. The predicted molar refractivity (Wildman–Crippen MR) is 99.9 cm³/mol. The summed E-state index contributed by atoms with van der Waals surface area (Å²) in [5.41, 5.74) is 3.14. The average Bonchev–Trinajstić information content (AvgIpc) is 2.63. The summed E-state index contributed by atoms with van der Waals surface area (Å²) < 4.78 is 0. The third-order valence-corrected chi connectivity index (χ3v) is 4.04. The van der Waals surface area contributed by atoms with Gasteiger partial charge in [0.1, 0.15) is 5.69 Å². The van der Waals surface area contributed by atoms with Gasteiger partial charge in [-0.2, -0.15) is 0 Å². The molecule has 0 saturated carbocycles. The first-order valence-corrected chi connectivity index (χ1v) is 8.18. The Morgan fingerprint density at radius 3 is 2.64 bits per heavy atom. The molecule has 0 saturated heterocycles. The molecule has 3 aromatic rings. The topological polar surface area (TPSA) is 66.9 Å². The number of nitrogens with zero attached hydrogens (tertiary/aromatic N) is 2. The fourth-order valence-corrected chi connectivity index (χ4v) is 2.48. The van der Waals surface area contributed by atoms with Crippen LogP contribution in [0.3, 0.4) is 0 Å². The molecule has 0 aliphatic heterocycles. The first-order chi connectivity index (χ1) is 12.1. The Morgan fingerprint density at radius 2 is 1.84 bits per heavy atom. The van der Waals surface area contributed by atoms with Crippen LogP contribution in [0.4, 0.5) is 11.6 Å². The normalized spacial score (nSPS) is 10.3. The van der Waals surface area contributed by atoms with E-state index < -0.39 is 0 Å². The Labute approximate surface area is 151 Å². The molecule has 2 N–H and O–H groups in total. The van der Waals surface area contributed by atoms with Crippen molar-refractivity contribution in [3.8, 4) is 0 Å². The molecule has 0 fully saturated rings. The molecule has 0 spiro atoms. The van der Waals surface area contributed by atoms with E-state index in [2.05, 4.69) is 20.6 Å². The van der Waals surface area contributed by atoms with Gasteiger partial charge in [0.2, 0.25) is 5.95 Å². The van der Waals surface area contributed by atoms with Crippen molar-refractivity contribution >= 4 is 29.1 Å². The van der Waals surface area contributed by atoms with Crippen LogP contribution >= 0.6 is 11.6 Å². The minimum absolute atomic E-state index is 0.266. The summed E-state index contributed by atoms with van der Waals surface area (Å²) in [4.78, 5) is 20.8. The number of benzene rings is 2. The van der Waals surface area contributed by atoms with Crippen LogP contribution in [0.2, 0.25) is 5.02 Å². The van der Waals surface area contributed by atoms with E-state index in [4.69, 9.17) is 11.6 Å². The predicted octanol–water partition coefficient (Wildman–Crippen LogP) is 4.30. The van der Waals surface area contributed by atoms with Crippen LogP contribution in [0.5, 0.6) is 0 Å². The molecule has 1 amide bonds. The van der Waals surface area contributed by atoms with Gasteiger partial charge < -0.3 is 10.6 Å². The third kappa shape index (κ3) is 4.33. The highest BCUT2D eigenvalue weighted by molar-refractivity contribution is 6.33. The number of anilines is 2. The lowest BCUT2D eigenvalue weighted by Gasteiger charge is -2.09. The Kier molecular flexibility index (Phi) is 5.26. The fourth-order valence-electron chi connectivity index (χ4n) is 2.30. The molecule has 2 aromatic carbocycles. The number of aromatic nitrogens is 2. The largest absolute Gasteiger partial charge is 0.350 e. The van der Waals surface area contributed by atoms with Gasteiger partial charge in [0.05, 0.1) is 10.7 Å². The smallest absolute Gasteiger partial charge is 0.274 e. The van der Waals surface area contributed by atoms with Crippen LogP contribution in [0.1, 0.15) is 21.6 Å². The second kappa shape index (κ2) is 7.77. The highest BCUT2D eigenvalue weighted by atomic mass is 35.5. The highest BCUT2D eigenvalue weighted by Gasteiger charge is 2.11. The Bertz CT molecular complexity index is 898. The molecule has 25 heavy (non-hydrogen) atoms. The van der Waals surface area contributed by atoms with Crippen molar-refractivity contribution in [2.75, 3.05) is 10.6 Å². The van der Waals surface area contributed by atoms with E-state index >= 15 is 0 Å². The van der Waals surface area contributed by atoms with Gasteiger partial charge in [-0.05, 0) is 36.2 Å². The van der Waals surface area contributed by atoms with Gasteiger partial charge in [-0.1, -0.05) is 48.0 Å². The van der Waals surface area contributed by atoms with Gasteiger partial charge in [-0.3, -0.25) is 4.79 Å². The summed E-state index contributed by atoms with van der Waals surface area (Å²) in [6, 6.07) is 16.7. The number of hydrogen-bond donors (Lipinski definition) is 2. The second-order valence-electron chi connectivity index (χ2n) is 5.48. The maximum Gasteiger partial charge on any atom is 0.274 e. The van der Waals surface area contributed by atoms with Crippen molar-refractivity contribution < 1.29 is 4.79 Å². The Morgan fingerprint density at radius 1 is 1.08 bits per heavy atom. The number of nitrogens with one attached hydrogen (secondary N) is 2. The van der Waals surface area contributed by atoms with Gasteiger partial charge >= 0.3 is 0 Å². The van der Waals surface area contributed by atoms with Crippen molar-refractivity contribution in [2.45, 2.75) is 13.5 Å². The van der Waals surface area contributed by atoms with Crippen LogP contribution in [0, 0.1) is 6.92 Å². The van der Waals surface area contributed by atoms with Crippen LogP contribution in [0.25, 0.3) is 0 Å². The van der Waals surface area contributed by atoms with E-state index in [0.29, 0.717) is 23.2 Å². The van der Waals surface area contributed by atoms with Crippen molar-refractivity contribution in [3.05, 3.63) is 82.6 Å². The molecule has 0 aliphatic carbocycles. The van der Waals surface area contributed by atoms with Crippen molar-refractivity contribution in [2.24, 2.45) is 0 Å². The number of carbonyl (C=O) groups excluding carboxylic acids is 1. The lowest BCUT2D eigenvalue weighted by molar-refractivity contribution is 0.102. The second-order valence-corrected chi connectivity index (χ2v) is 5.89.